The number of thiazole rings is 1. The highest BCUT2D eigenvalue weighted by molar-refractivity contribution is 7.11. The van der Waals surface area contributed by atoms with Gasteiger partial charge < -0.3 is 10.2 Å². The summed E-state index contributed by atoms with van der Waals surface area (Å²) in [4.78, 5) is 15.6. The molecule has 1 N–H and O–H groups in total. The Labute approximate surface area is 155 Å². The lowest BCUT2D eigenvalue weighted by Gasteiger charge is -2.41. The Bertz CT molecular complexity index is 612. The zero-order valence-corrected chi connectivity index (χ0v) is 16.6. The van der Waals surface area contributed by atoms with E-state index in [2.05, 4.69) is 38.9 Å². The predicted molar refractivity (Wildman–Crippen MR) is 104 cm³/mol. The largest absolute Gasteiger partial charge is 0.350 e. The van der Waals surface area contributed by atoms with E-state index in [-0.39, 0.29) is 0 Å². The minimum atomic E-state index is 0.776. The Hall–Kier alpha value is -1.14. The third-order valence-electron chi connectivity index (χ3n) is 6.47. The third kappa shape index (κ3) is 3.56. The number of nitrogens with one attached hydrogen (secondary N) is 1. The van der Waals surface area contributed by atoms with Gasteiger partial charge >= 0.3 is 0 Å². The number of hydrogen-bond acceptors (Lipinski definition) is 4. The topological polar surface area (TPSA) is 43.8 Å². The minimum absolute atomic E-state index is 0.776. The highest BCUT2D eigenvalue weighted by atomic mass is 32.1. The lowest BCUT2D eigenvalue weighted by atomic mass is 9.93. The van der Waals surface area contributed by atoms with Crippen LogP contribution in [0.1, 0.15) is 41.3 Å². The van der Waals surface area contributed by atoms with Crippen molar-refractivity contribution in [2.45, 2.75) is 52.1 Å². The number of aliphatic imine (C=N–C) groups is 1. The molecule has 25 heavy (non-hydrogen) atoms. The molecular formula is C19H31N5S. The van der Waals surface area contributed by atoms with Crippen molar-refractivity contribution < 1.29 is 0 Å². The van der Waals surface area contributed by atoms with E-state index < -0.39 is 0 Å². The normalized spacial score (nSPS) is 30.3. The Morgan fingerprint density at radius 2 is 2.00 bits per heavy atom. The molecule has 6 heteroatoms. The van der Waals surface area contributed by atoms with Crippen LogP contribution in [-0.2, 0) is 6.54 Å². The standard InChI is InChI=1S/C19H31N5S/c1-13-14(2)25-18(22-13)12-21-19(20-3)24-8-6-23(7-9-24)17-11-15-4-5-16(17)10-15/h15-17H,4-12H2,1-3H3,(H,20,21). The predicted octanol–water partition coefficient (Wildman–Crippen LogP) is 2.64. The van der Waals surface area contributed by atoms with Crippen LogP contribution < -0.4 is 5.32 Å². The molecule has 0 spiro atoms. The SMILES string of the molecule is CN=C(NCc1nc(C)c(C)s1)N1CCN(C2CC3CCC2C3)CC1. The molecule has 2 saturated carbocycles. The molecular weight excluding hydrogens is 330 g/mol. The summed E-state index contributed by atoms with van der Waals surface area (Å²) in [6.45, 7) is 9.54. The molecule has 1 aliphatic heterocycles. The summed E-state index contributed by atoms with van der Waals surface area (Å²) < 4.78 is 0. The molecule has 3 atom stereocenters. The Morgan fingerprint density at radius 3 is 2.56 bits per heavy atom. The van der Waals surface area contributed by atoms with Crippen LogP contribution in [0.5, 0.6) is 0 Å². The number of aryl methyl sites for hydroxylation is 2. The van der Waals surface area contributed by atoms with Crippen LogP contribution >= 0.6 is 11.3 Å². The summed E-state index contributed by atoms with van der Waals surface area (Å²) in [7, 11) is 1.89. The number of aromatic nitrogens is 1. The molecule has 1 aromatic heterocycles. The Balaban J connectivity index is 1.28. The number of hydrogen-bond donors (Lipinski definition) is 1. The molecule has 0 amide bonds. The summed E-state index contributed by atoms with van der Waals surface area (Å²) in [6.07, 6.45) is 5.93. The summed E-state index contributed by atoms with van der Waals surface area (Å²) in [6, 6.07) is 0.872. The summed E-state index contributed by atoms with van der Waals surface area (Å²) in [5, 5.41) is 4.66. The van der Waals surface area contributed by atoms with Gasteiger partial charge in [0.2, 0.25) is 0 Å². The van der Waals surface area contributed by atoms with E-state index in [1.54, 1.807) is 11.3 Å². The number of piperazine rings is 1. The number of rotatable bonds is 3. The highest BCUT2D eigenvalue weighted by Crippen LogP contribution is 2.46. The zero-order valence-electron chi connectivity index (χ0n) is 15.8. The molecule has 1 aromatic rings. The van der Waals surface area contributed by atoms with Crippen LogP contribution in [0, 0.1) is 25.7 Å². The molecule has 0 radical (unpaired) electrons. The van der Waals surface area contributed by atoms with Crippen LogP contribution in [0.4, 0.5) is 0 Å². The average Bonchev–Trinajstić information content (AvgIpc) is 3.33. The van der Waals surface area contributed by atoms with Crippen molar-refractivity contribution in [1.29, 1.82) is 0 Å². The van der Waals surface area contributed by atoms with E-state index in [0.717, 1.165) is 54.2 Å². The van der Waals surface area contributed by atoms with Crippen LogP contribution in [-0.4, -0.2) is 60.0 Å². The Kier molecular flexibility index (Phi) is 5.00. The van der Waals surface area contributed by atoms with Crippen molar-refractivity contribution in [2.24, 2.45) is 16.8 Å². The lowest BCUT2D eigenvalue weighted by Crippen LogP contribution is -2.55. The van der Waals surface area contributed by atoms with E-state index in [1.165, 1.54) is 43.6 Å². The molecule has 3 aliphatic rings. The number of nitrogens with zero attached hydrogens (tertiary/aromatic N) is 4. The molecule has 4 rings (SSSR count). The fraction of sp³-hybridized carbons (Fsp3) is 0.789. The van der Waals surface area contributed by atoms with Crippen molar-refractivity contribution in [2.75, 3.05) is 33.2 Å². The molecule has 1 saturated heterocycles. The van der Waals surface area contributed by atoms with Crippen molar-refractivity contribution in [1.82, 2.24) is 20.1 Å². The molecule has 138 valence electrons. The first-order chi connectivity index (χ1) is 12.1. The third-order valence-corrected chi connectivity index (χ3v) is 7.54. The van der Waals surface area contributed by atoms with Gasteiger partial charge in [0.1, 0.15) is 5.01 Å². The molecule has 3 unspecified atom stereocenters. The first kappa shape index (κ1) is 17.3. The molecule has 5 nitrogen and oxygen atoms in total. The van der Waals surface area contributed by atoms with Gasteiger partial charge in [0.15, 0.2) is 5.96 Å². The van der Waals surface area contributed by atoms with Gasteiger partial charge in [0.05, 0.1) is 12.2 Å². The van der Waals surface area contributed by atoms with Gasteiger partial charge in [-0.2, -0.15) is 0 Å². The van der Waals surface area contributed by atoms with E-state index in [0.29, 0.717) is 0 Å². The lowest BCUT2D eigenvalue weighted by molar-refractivity contribution is 0.0958. The zero-order chi connectivity index (χ0) is 17.4. The van der Waals surface area contributed by atoms with Crippen molar-refractivity contribution >= 4 is 17.3 Å². The number of guanidine groups is 1. The maximum Gasteiger partial charge on any atom is 0.194 e. The van der Waals surface area contributed by atoms with Crippen molar-refractivity contribution in [3.8, 4) is 0 Å². The van der Waals surface area contributed by atoms with Crippen LogP contribution in [0.15, 0.2) is 4.99 Å². The van der Waals surface area contributed by atoms with Crippen LogP contribution in [0.2, 0.25) is 0 Å². The van der Waals surface area contributed by atoms with Crippen LogP contribution in [0.25, 0.3) is 0 Å². The first-order valence-corrected chi connectivity index (χ1v) is 10.6. The fourth-order valence-electron chi connectivity index (χ4n) is 5.03. The summed E-state index contributed by atoms with van der Waals surface area (Å²) >= 11 is 1.78. The van der Waals surface area contributed by atoms with Gasteiger partial charge in [-0.15, -0.1) is 11.3 Å². The maximum atomic E-state index is 4.62. The van der Waals surface area contributed by atoms with Gasteiger partial charge in [-0.25, -0.2) is 4.98 Å². The molecule has 2 aliphatic carbocycles. The smallest absolute Gasteiger partial charge is 0.194 e. The average molecular weight is 362 g/mol. The van der Waals surface area contributed by atoms with E-state index in [4.69, 9.17) is 0 Å². The second-order valence-electron chi connectivity index (χ2n) is 7.92. The minimum Gasteiger partial charge on any atom is -0.350 e. The van der Waals surface area contributed by atoms with Gasteiger partial charge in [-0.05, 0) is 44.9 Å². The van der Waals surface area contributed by atoms with E-state index in [1.807, 2.05) is 7.05 Å². The molecule has 3 fully saturated rings. The van der Waals surface area contributed by atoms with E-state index >= 15 is 0 Å². The molecule has 2 bridgehead atoms. The monoisotopic (exact) mass is 361 g/mol. The first-order valence-electron chi connectivity index (χ1n) is 9.76. The molecule has 2 heterocycles. The maximum absolute atomic E-state index is 4.62. The quantitative estimate of drug-likeness (QED) is 0.664. The fourth-order valence-corrected chi connectivity index (χ4v) is 5.90. The number of fused-ring (bicyclic) bond motifs is 2. The van der Waals surface area contributed by atoms with Gasteiger partial charge in [-0.1, -0.05) is 6.42 Å². The van der Waals surface area contributed by atoms with Crippen molar-refractivity contribution in [3.05, 3.63) is 15.6 Å². The Morgan fingerprint density at radius 1 is 1.20 bits per heavy atom. The highest BCUT2D eigenvalue weighted by Gasteiger charge is 2.42. The van der Waals surface area contributed by atoms with Gasteiger partial charge in [0.25, 0.3) is 0 Å². The second-order valence-corrected chi connectivity index (χ2v) is 9.20. The van der Waals surface area contributed by atoms with Gasteiger partial charge in [0, 0.05) is 44.1 Å². The second kappa shape index (κ2) is 7.23. The van der Waals surface area contributed by atoms with Crippen LogP contribution in [0.3, 0.4) is 0 Å². The summed E-state index contributed by atoms with van der Waals surface area (Å²) in [5.41, 5.74) is 1.15. The summed E-state index contributed by atoms with van der Waals surface area (Å²) in [5.74, 6) is 3.05. The van der Waals surface area contributed by atoms with Crippen molar-refractivity contribution in [3.63, 3.8) is 0 Å². The molecule has 0 aromatic carbocycles. The van der Waals surface area contributed by atoms with E-state index in [9.17, 15) is 0 Å². The van der Waals surface area contributed by atoms with Gasteiger partial charge in [-0.3, -0.25) is 9.89 Å².